The highest BCUT2D eigenvalue weighted by Gasteiger charge is 2.37. The molecule has 2 atom stereocenters. The maximum Gasteiger partial charge on any atom is 0.247 e. The van der Waals surface area contributed by atoms with Crippen LogP contribution < -0.4 is 10.2 Å². The van der Waals surface area contributed by atoms with Crippen LogP contribution in [0.25, 0.3) is 0 Å². The van der Waals surface area contributed by atoms with Gasteiger partial charge in [0.15, 0.2) is 0 Å². The first kappa shape index (κ1) is 12.3. The zero-order chi connectivity index (χ0) is 12.7. The van der Waals surface area contributed by atoms with Crippen molar-refractivity contribution in [3.63, 3.8) is 0 Å². The van der Waals surface area contributed by atoms with Crippen LogP contribution in [-0.2, 0) is 4.79 Å². The van der Waals surface area contributed by atoms with E-state index in [1.165, 1.54) is 18.5 Å². The predicted octanol–water partition coefficient (Wildman–Crippen LogP) is 3.24. The van der Waals surface area contributed by atoms with Crippen molar-refractivity contribution in [2.45, 2.75) is 32.2 Å². The number of nitrogens with zero attached hydrogens (tertiary/aromatic N) is 1. The predicted molar refractivity (Wildman–Crippen MR) is 81.9 cm³/mol. The average Bonchev–Trinajstić information content (AvgIpc) is 2.38. The summed E-state index contributed by atoms with van der Waals surface area (Å²) in [5.41, 5.74) is 2.16. The van der Waals surface area contributed by atoms with Gasteiger partial charge in [0.05, 0.1) is 11.4 Å². The van der Waals surface area contributed by atoms with Crippen LogP contribution >= 0.6 is 22.6 Å². The molecule has 18 heavy (non-hydrogen) atoms. The van der Waals surface area contributed by atoms with Gasteiger partial charge in [0.1, 0.15) is 6.04 Å². The van der Waals surface area contributed by atoms with Gasteiger partial charge in [-0.25, -0.2) is 0 Å². The number of fused-ring (bicyclic) bond motifs is 3. The number of amides is 1. The Labute approximate surface area is 121 Å². The lowest BCUT2D eigenvalue weighted by Gasteiger charge is -2.43. The smallest absolute Gasteiger partial charge is 0.247 e. The van der Waals surface area contributed by atoms with E-state index in [1.54, 1.807) is 0 Å². The third-order valence-corrected chi connectivity index (χ3v) is 4.79. The molecule has 0 aromatic heterocycles. The molecule has 1 saturated heterocycles. The zero-order valence-corrected chi connectivity index (χ0v) is 12.6. The molecule has 1 N–H and O–H groups in total. The summed E-state index contributed by atoms with van der Waals surface area (Å²) in [6.07, 6.45) is 3.37. The number of anilines is 2. The van der Waals surface area contributed by atoms with E-state index < -0.39 is 0 Å². The van der Waals surface area contributed by atoms with E-state index in [2.05, 4.69) is 57.9 Å². The van der Waals surface area contributed by atoms with Gasteiger partial charge >= 0.3 is 0 Å². The third kappa shape index (κ3) is 2.00. The molecule has 1 amide bonds. The molecule has 1 aromatic carbocycles. The molecule has 0 spiro atoms. The van der Waals surface area contributed by atoms with Crippen LogP contribution in [0, 0.1) is 9.49 Å². The first-order chi connectivity index (χ1) is 8.69. The molecule has 1 aromatic rings. The molecule has 2 unspecified atom stereocenters. The number of halogens is 1. The minimum atomic E-state index is 0.0382. The molecule has 3 nitrogen and oxygen atoms in total. The van der Waals surface area contributed by atoms with Crippen LogP contribution in [0.15, 0.2) is 18.2 Å². The first-order valence-electron chi connectivity index (χ1n) is 6.56. The Kier molecular flexibility index (Phi) is 3.21. The number of benzene rings is 1. The summed E-state index contributed by atoms with van der Waals surface area (Å²) in [4.78, 5) is 14.5. The van der Waals surface area contributed by atoms with E-state index in [0.29, 0.717) is 5.92 Å². The zero-order valence-electron chi connectivity index (χ0n) is 10.4. The molecule has 4 heteroatoms. The summed E-state index contributed by atoms with van der Waals surface area (Å²) < 4.78 is 1.16. The Balaban J connectivity index is 1.95. The Morgan fingerprint density at radius 3 is 3.11 bits per heavy atom. The number of rotatable bonds is 1. The van der Waals surface area contributed by atoms with Gasteiger partial charge in [0.25, 0.3) is 0 Å². The molecule has 2 aliphatic rings. The van der Waals surface area contributed by atoms with Crippen LogP contribution in [0.5, 0.6) is 0 Å². The molecule has 2 heterocycles. The first-order valence-corrected chi connectivity index (χ1v) is 7.64. The third-order valence-electron chi connectivity index (χ3n) is 4.12. The van der Waals surface area contributed by atoms with Crippen molar-refractivity contribution in [2.75, 3.05) is 16.8 Å². The second-order valence-corrected chi connectivity index (χ2v) is 6.40. The van der Waals surface area contributed by atoms with Crippen LogP contribution in [0.2, 0.25) is 0 Å². The van der Waals surface area contributed by atoms with E-state index in [4.69, 9.17) is 0 Å². The maximum absolute atomic E-state index is 12.2. The van der Waals surface area contributed by atoms with E-state index in [-0.39, 0.29) is 11.9 Å². The van der Waals surface area contributed by atoms with Crippen molar-refractivity contribution in [1.82, 2.24) is 0 Å². The SMILES string of the molecule is CCC1CCN2c3ccc(I)cc3NC(=O)C2C1. The van der Waals surface area contributed by atoms with Gasteiger partial charge in [0, 0.05) is 10.1 Å². The molecule has 1 fully saturated rings. The quantitative estimate of drug-likeness (QED) is 0.784. The van der Waals surface area contributed by atoms with Crippen molar-refractivity contribution in [3.8, 4) is 0 Å². The van der Waals surface area contributed by atoms with E-state index >= 15 is 0 Å². The van der Waals surface area contributed by atoms with Crippen molar-refractivity contribution < 1.29 is 4.79 Å². The number of nitrogens with one attached hydrogen (secondary N) is 1. The fourth-order valence-electron chi connectivity index (χ4n) is 3.02. The standard InChI is InChI=1S/C14H17IN2O/c1-2-9-5-6-17-12-4-3-10(15)8-11(12)16-14(18)13(17)7-9/h3-4,8-9,13H,2,5-7H2,1H3,(H,16,18). The lowest BCUT2D eigenvalue weighted by Crippen LogP contribution is -2.52. The molecular formula is C14H17IN2O. The van der Waals surface area contributed by atoms with Gasteiger partial charge < -0.3 is 10.2 Å². The van der Waals surface area contributed by atoms with E-state index in [1.807, 2.05) is 0 Å². The number of piperidine rings is 1. The van der Waals surface area contributed by atoms with Crippen molar-refractivity contribution in [2.24, 2.45) is 5.92 Å². The summed E-state index contributed by atoms with van der Waals surface area (Å²) in [6.45, 7) is 3.22. The van der Waals surface area contributed by atoms with Gasteiger partial charge in [-0.15, -0.1) is 0 Å². The van der Waals surface area contributed by atoms with Crippen LogP contribution in [0.4, 0.5) is 11.4 Å². The fraction of sp³-hybridized carbons (Fsp3) is 0.500. The lowest BCUT2D eigenvalue weighted by molar-refractivity contribution is -0.118. The molecule has 0 bridgehead atoms. The second-order valence-electron chi connectivity index (χ2n) is 5.16. The normalized spacial score (nSPS) is 26.3. The number of hydrogen-bond donors (Lipinski definition) is 1. The van der Waals surface area contributed by atoms with Crippen LogP contribution in [0.3, 0.4) is 0 Å². The Morgan fingerprint density at radius 1 is 1.50 bits per heavy atom. The fourth-order valence-corrected chi connectivity index (χ4v) is 3.51. The van der Waals surface area contributed by atoms with Gasteiger partial charge in [-0.1, -0.05) is 13.3 Å². The van der Waals surface area contributed by atoms with Gasteiger partial charge in [0.2, 0.25) is 5.91 Å². The van der Waals surface area contributed by atoms with Crippen molar-refractivity contribution in [1.29, 1.82) is 0 Å². The highest BCUT2D eigenvalue weighted by Crippen LogP contribution is 2.38. The van der Waals surface area contributed by atoms with Gasteiger partial charge in [-0.05, 0) is 59.5 Å². The Bertz CT molecular complexity index is 489. The van der Waals surface area contributed by atoms with E-state index in [0.717, 1.165) is 22.2 Å². The minimum Gasteiger partial charge on any atom is -0.358 e. The summed E-state index contributed by atoms with van der Waals surface area (Å²) >= 11 is 2.28. The summed E-state index contributed by atoms with van der Waals surface area (Å²) in [6, 6.07) is 6.34. The molecule has 2 aliphatic heterocycles. The van der Waals surface area contributed by atoms with Gasteiger partial charge in [-0.3, -0.25) is 4.79 Å². The number of carbonyl (C=O) groups is 1. The Morgan fingerprint density at radius 2 is 2.33 bits per heavy atom. The van der Waals surface area contributed by atoms with Gasteiger partial charge in [-0.2, -0.15) is 0 Å². The highest BCUT2D eigenvalue weighted by molar-refractivity contribution is 14.1. The molecule has 3 rings (SSSR count). The molecule has 0 aliphatic carbocycles. The minimum absolute atomic E-state index is 0.0382. The molecular weight excluding hydrogens is 339 g/mol. The summed E-state index contributed by atoms with van der Waals surface area (Å²) in [7, 11) is 0. The van der Waals surface area contributed by atoms with Crippen LogP contribution in [0.1, 0.15) is 26.2 Å². The summed E-state index contributed by atoms with van der Waals surface area (Å²) in [5, 5.41) is 3.06. The monoisotopic (exact) mass is 356 g/mol. The second kappa shape index (κ2) is 4.72. The van der Waals surface area contributed by atoms with Crippen molar-refractivity contribution >= 4 is 39.9 Å². The summed E-state index contributed by atoms with van der Waals surface area (Å²) in [5.74, 6) is 0.866. The molecule has 96 valence electrons. The lowest BCUT2D eigenvalue weighted by atomic mass is 9.87. The van der Waals surface area contributed by atoms with Crippen molar-refractivity contribution in [3.05, 3.63) is 21.8 Å². The topological polar surface area (TPSA) is 32.3 Å². The van der Waals surface area contributed by atoms with E-state index in [9.17, 15) is 4.79 Å². The van der Waals surface area contributed by atoms with Crippen LogP contribution in [-0.4, -0.2) is 18.5 Å². The number of carbonyl (C=O) groups excluding carboxylic acids is 1. The molecule has 0 saturated carbocycles. The highest BCUT2D eigenvalue weighted by atomic mass is 127. The Hall–Kier alpha value is -0.780. The molecule has 0 radical (unpaired) electrons. The average molecular weight is 356 g/mol. The largest absolute Gasteiger partial charge is 0.358 e. The number of hydrogen-bond acceptors (Lipinski definition) is 2. The maximum atomic E-state index is 12.2.